The number of hydrogen-bond acceptors (Lipinski definition) is 4. The van der Waals surface area contributed by atoms with Crippen molar-refractivity contribution < 1.29 is 9.59 Å². The molecular formula is C27H27N3O2. The number of para-hydroxylation sites is 2. The SMILES string of the molecule is CCCCC(CN1C(=O)C2C=CC=CC2C1=O)Nc1c2ccccc2nc2ccccc12. The van der Waals surface area contributed by atoms with Gasteiger partial charge in [-0.2, -0.15) is 0 Å². The van der Waals surface area contributed by atoms with Crippen LogP contribution in [0.1, 0.15) is 26.2 Å². The average Bonchev–Trinajstić information content (AvgIpc) is 3.07. The van der Waals surface area contributed by atoms with Crippen LogP contribution in [0.25, 0.3) is 21.8 Å². The molecule has 0 spiro atoms. The third kappa shape index (κ3) is 3.58. The molecule has 2 amide bonds. The third-order valence-corrected chi connectivity index (χ3v) is 6.48. The number of rotatable bonds is 7. The van der Waals surface area contributed by atoms with E-state index in [-0.39, 0.29) is 29.7 Å². The second kappa shape index (κ2) is 8.58. The summed E-state index contributed by atoms with van der Waals surface area (Å²) in [6.07, 6.45) is 10.4. The molecule has 1 aliphatic heterocycles. The van der Waals surface area contributed by atoms with E-state index in [1.807, 2.05) is 60.7 Å². The number of fused-ring (bicyclic) bond motifs is 3. The normalized spacial score (nSPS) is 20.8. The molecule has 162 valence electrons. The van der Waals surface area contributed by atoms with Gasteiger partial charge in [0.05, 0.1) is 28.6 Å². The highest BCUT2D eigenvalue weighted by molar-refractivity contribution is 6.08. The third-order valence-electron chi connectivity index (χ3n) is 6.48. The second-order valence-electron chi connectivity index (χ2n) is 8.61. The molecule has 2 heterocycles. The summed E-state index contributed by atoms with van der Waals surface area (Å²) in [5.41, 5.74) is 2.87. The van der Waals surface area contributed by atoms with Gasteiger partial charge in [0.1, 0.15) is 0 Å². The van der Waals surface area contributed by atoms with Gasteiger partial charge in [-0.25, -0.2) is 4.98 Å². The fourth-order valence-electron chi connectivity index (χ4n) is 4.81. The van der Waals surface area contributed by atoms with E-state index >= 15 is 0 Å². The van der Waals surface area contributed by atoms with E-state index in [4.69, 9.17) is 4.98 Å². The van der Waals surface area contributed by atoms with Gasteiger partial charge in [-0.3, -0.25) is 14.5 Å². The number of benzene rings is 2. The molecule has 2 aromatic carbocycles. The Kier molecular flexibility index (Phi) is 5.48. The van der Waals surface area contributed by atoms with Gasteiger partial charge in [-0.05, 0) is 18.6 Å². The molecule has 3 atom stereocenters. The van der Waals surface area contributed by atoms with Crippen LogP contribution in [0.15, 0.2) is 72.8 Å². The Bertz CT molecular complexity index is 1160. The predicted octanol–water partition coefficient (Wildman–Crippen LogP) is 5.09. The van der Waals surface area contributed by atoms with Gasteiger partial charge in [0.25, 0.3) is 0 Å². The summed E-state index contributed by atoms with van der Waals surface area (Å²) in [6, 6.07) is 16.2. The first-order valence-corrected chi connectivity index (χ1v) is 11.4. The van der Waals surface area contributed by atoms with Crippen LogP contribution in [0.4, 0.5) is 5.69 Å². The van der Waals surface area contributed by atoms with Crippen LogP contribution in [0.5, 0.6) is 0 Å². The van der Waals surface area contributed by atoms with E-state index < -0.39 is 0 Å². The van der Waals surface area contributed by atoms with E-state index in [0.29, 0.717) is 6.54 Å². The van der Waals surface area contributed by atoms with Crippen LogP contribution >= 0.6 is 0 Å². The molecule has 1 aromatic heterocycles. The zero-order valence-corrected chi connectivity index (χ0v) is 18.2. The average molecular weight is 426 g/mol. The lowest BCUT2D eigenvalue weighted by Crippen LogP contribution is -2.41. The highest BCUT2D eigenvalue weighted by Gasteiger charge is 2.46. The minimum Gasteiger partial charge on any atom is -0.379 e. The summed E-state index contributed by atoms with van der Waals surface area (Å²) in [7, 11) is 0. The summed E-state index contributed by atoms with van der Waals surface area (Å²) in [5.74, 6) is -0.898. The first kappa shape index (κ1) is 20.4. The Balaban J connectivity index is 1.50. The molecule has 32 heavy (non-hydrogen) atoms. The van der Waals surface area contributed by atoms with Gasteiger partial charge >= 0.3 is 0 Å². The lowest BCUT2D eigenvalue weighted by atomic mass is 9.91. The number of carbonyl (C=O) groups excluding carboxylic acids is 2. The van der Waals surface area contributed by atoms with Crippen molar-refractivity contribution in [2.45, 2.75) is 32.2 Å². The monoisotopic (exact) mass is 425 g/mol. The molecule has 0 saturated carbocycles. The molecule has 0 radical (unpaired) electrons. The standard InChI is InChI=1S/C27H27N3O2/c1-2-3-10-18(17-30-26(31)19-11-4-5-12-20(19)27(30)32)28-25-21-13-6-8-15-23(21)29-24-16-9-7-14-22(24)25/h4-9,11-16,18-20H,2-3,10,17H2,1H3,(H,28,29). The fraction of sp³-hybridized carbons (Fsp3) is 0.296. The first-order chi connectivity index (χ1) is 15.7. The molecule has 1 aliphatic carbocycles. The van der Waals surface area contributed by atoms with Gasteiger partial charge in [-0.15, -0.1) is 0 Å². The fourth-order valence-corrected chi connectivity index (χ4v) is 4.81. The van der Waals surface area contributed by atoms with Crippen LogP contribution in [-0.4, -0.2) is 34.3 Å². The van der Waals surface area contributed by atoms with Gasteiger partial charge in [-0.1, -0.05) is 80.5 Å². The van der Waals surface area contributed by atoms with Crippen molar-refractivity contribution >= 4 is 39.3 Å². The minimum atomic E-state index is -0.359. The maximum absolute atomic E-state index is 13.0. The van der Waals surface area contributed by atoms with Gasteiger partial charge < -0.3 is 5.32 Å². The lowest BCUT2D eigenvalue weighted by Gasteiger charge is -2.26. The van der Waals surface area contributed by atoms with Crippen LogP contribution in [0, 0.1) is 11.8 Å². The van der Waals surface area contributed by atoms with E-state index in [9.17, 15) is 9.59 Å². The summed E-state index contributed by atoms with van der Waals surface area (Å²) in [5, 5.41) is 5.82. The van der Waals surface area contributed by atoms with Crippen molar-refractivity contribution in [2.24, 2.45) is 11.8 Å². The first-order valence-electron chi connectivity index (χ1n) is 11.4. The Morgan fingerprint density at radius 3 is 2.03 bits per heavy atom. The number of amides is 2. The number of carbonyl (C=O) groups is 2. The Hall–Kier alpha value is -3.47. The highest BCUT2D eigenvalue weighted by Crippen LogP contribution is 2.34. The van der Waals surface area contributed by atoms with E-state index in [1.165, 1.54) is 4.90 Å². The zero-order chi connectivity index (χ0) is 22.1. The topological polar surface area (TPSA) is 62.3 Å². The maximum Gasteiger partial charge on any atom is 0.237 e. The molecule has 1 N–H and O–H groups in total. The molecular weight excluding hydrogens is 398 g/mol. The summed E-state index contributed by atoms with van der Waals surface area (Å²) >= 11 is 0. The minimum absolute atomic E-state index is 0.0369. The van der Waals surface area contributed by atoms with E-state index in [0.717, 1.165) is 46.8 Å². The molecule has 3 unspecified atom stereocenters. The number of imide groups is 1. The van der Waals surface area contributed by atoms with E-state index in [2.05, 4.69) is 24.4 Å². The Morgan fingerprint density at radius 1 is 0.906 bits per heavy atom. The van der Waals surface area contributed by atoms with Crippen molar-refractivity contribution in [3.05, 3.63) is 72.8 Å². The Labute approximate surface area is 187 Å². The molecule has 2 aliphatic rings. The van der Waals surface area contributed by atoms with Crippen molar-refractivity contribution in [3.63, 3.8) is 0 Å². The molecule has 3 aromatic rings. The number of allylic oxidation sites excluding steroid dienone is 2. The summed E-state index contributed by atoms with van der Waals surface area (Å²) in [4.78, 5) is 32.3. The van der Waals surface area contributed by atoms with Crippen molar-refractivity contribution in [3.8, 4) is 0 Å². The molecule has 5 nitrogen and oxygen atoms in total. The number of hydrogen-bond donors (Lipinski definition) is 1. The largest absolute Gasteiger partial charge is 0.379 e. The maximum atomic E-state index is 13.0. The zero-order valence-electron chi connectivity index (χ0n) is 18.2. The number of nitrogens with zero attached hydrogens (tertiary/aromatic N) is 2. The van der Waals surface area contributed by atoms with Crippen LogP contribution < -0.4 is 5.32 Å². The highest BCUT2D eigenvalue weighted by atomic mass is 16.2. The van der Waals surface area contributed by atoms with Gasteiger partial charge in [0.15, 0.2) is 0 Å². The lowest BCUT2D eigenvalue weighted by molar-refractivity contribution is -0.139. The number of likely N-dealkylation sites (tertiary alicyclic amines) is 1. The van der Waals surface area contributed by atoms with Crippen LogP contribution in [0.3, 0.4) is 0 Å². The number of anilines is 1. The van der Waals surface area contributed by atoms with Gasteiger partial charge in [0, 0.05) is 23.4 Å². The number of pyridine rings is 1. The number of aromatic nitrogens is 1. The van der Waals surface area contributed by atoms with E-state index in [1.54, 1.807) is 0 Å². The molecule has 1 saturated heterocycles. The Morgan fingerprint density at radius 2 is 1.47 bits per heavy atom. The van der Waals surface area contributed by atoms with Crippen molar-refractivity contribution in [1.82, 2.24) is 9.88 Å². The number of unbranched alkanes of at least 4 members (excludes halogenated alkanes) is 1. The van der Waals surface area contributed by atoms with Crippen LogP contribution in [-0.2, 0) is 9.59 Å². The summed E-state index contributed by atoms with van der Waals surface area (Å²) in [6.45, 7) is 2.53. The quantitative estimate of drug-likeness (QED) is 0.423. The smallest absolute Gasteiger partial charge is 0.237 e. The molecule has 5 heteroatoms. The van der Waals surface area contributed by atoms with Crippen molar-refractivity contribution in [2.75, 3.05) is 11.9 Å². The van der Waals surface area contributed by atoms with Gasteiger partial charge in [0.2, 0.25) is 11.8 Å². The molecule has 1 fully saturated rings. The number of nitrogens with one attached hydrogen (secondary N) is 1. The van der Waals surface area contributed by atoms with Crippen LogP contribution in [0.2, 0.25) is 0 Å². The molecule has 0 bridgehead atoms. The van der Waals surface area contributed by atoms with Crippen molar-refractivity contribution in [1.29, 1.82) is 0 Å². The predicted molar refractivity (Wildman–Crippen MR) is 128 cm³/mol. The molecule has 5 rings (SSSR count). The summed E-state index contributed by atoms with van der Waals surface area (Å²) < 4.78 is 0. The second-order valence-corrected chi connectivity index (χ2v) is 8.61.